The minimum Gasteiger partial charge on any atom is -0.496 e. The number of carbonyl (C=O) groups is 1. The van der Waals surface area contributed by atoms with Crippen molar-refractivity contribution in [2.45, 2.75) is 90.6 Å². The van der Waals surface area contributed by atoms with Crippen LogP contribution in [0.1, 0.15) is 78.5 Å². The number of benzene rings is 4. The summed E-state index contributed by atoms with van der Waals surface area (Å²) in [7, 11) is 1.04. The topological polar surface area (TPSA) is 114 Å². The van der Waals surface area contributed by atoms with Gasteiger partial charge in [0.25, 0.3) is 5.91 Å². The number of amides is 1. The Hall–Kier alpha value is -4.61. The molecule has 9 nitrogen and oxygen atoms in total. The lowest BCUT2D eigenvalue weighted by molar-refractivity contribution is 0.0946. The largest absolute Gasteiger partial charge is 0.496 e. The highest BCUT2D eigenvalue weighted by atomic mass is 28.4. The van der Waals surface area contributed by atoms with E-state index in [-0.39, 0.29) is 36.2 Å². The van der Waals surface area contributed by atoms with Gasteiger partial charge in [0, 0.05) is 29.1 Å². The van der Waals surface area contributed by atoms with Gasteiger partial charge in [0.1, 0.15) is 29.5 Å². The fraction of sp³-hybridized carbons (Fsp3) is 0.386. The molecule has 4 N–H and O–H groups in total. The molecule has 0 aliphatic rings. The second-order valence-corrected chi connectivity index (χ2v) is 20.1. The van der Waals surface area contributed by atoms with Gasteiger partial charge in [0.05, 0.1) is 39.0 Å². The van der Waals surface area contributed by atoms with Crippen LogP contribution >= 0.6 is 0 Å². The van der Waals surface area contributed by atoms with Crippen LogP contribution in [0, 0.1) is 0 Å². The van der Waals surface area contributed by atoms with Crippen molar-refractivity contribution in [3.8, 4) is 17.2 Å². The first-order valence-electron chi connectivity index (χ1n) is 18.8. The number of aliphatic hydroxyl groups is 1. The highest BCUT2D eigenvalue weighted by Crippen LogP contribution is 2.40. The molecule has 5 aromatic rings. The Labute approximate surface area is 321 Å². The summed E-state index contributed by atoms with van der Waals surface area (Å²) in [5, 5.41) is 18.2. The third-order valence-corrected chi connectivity index (χ3v) is 15.0. The van der Waals surface area contributed by atoms with Crippen molar-refractivity contribution in [3.63, 3.8) is 0 Å². The molecule has 0 bridgehead atoms. The Morgan fingerprint density at radius 1 is 0.870 bits per heavy atom. The predicted octanol–water partition coefficient (Wildman–Crippen LogP) is 8.86. The average Bonchev–Trinajstić information content (AvgIpc) is 3.60. The number of hydrogen-bond donors (Lipinski definition) is 4. The van der Waals surface area contributed by atoms with E-state index in [1.807, 2.05) is 72.8 Å². The van der Waals surface area contributed by atoms with Gasteiger partial charge < -0.3 is 39.4 Å². The van der Waals surface area contributed by atoms with Gasteiger partial charge in [-0.05, 0) is 90.1 Å². The third-order valence-electron chi connectivity index (χ3n) is 10.6. The van der Waals surface area contributed by atoms with Crippen molar-refractivity contribution in [1.82, 2.24) is 15.6 Å². The van der Waals surface area contributed by atoms with E-state index in [0.717, 1.165) is 46.0 Å². The van der Waals surface area contributed by atoms with Crippen molar-refractivity contribution in [1.29, 1.82) is 0 Å². The van der Waals surface area contributed by atoms with Crippen LogP contribution in [0.25, 0.3) is 10.9 Å². The number of hydrogen-bond acceptors (Lipinski definition) is 7. The van der Waals surface area contributed by atoms with E-state index in [4.69, 9.17) is 18.6 Å². The van der Waals surface area contributed by atoms with Gasteiger partial charge in [-0.15, -0.1) is 0 Å². The minimum absolute atomic E-state index is 0.0248. The van der Waals surface area contributed by atoms with Gasteiger partial charge >= 0.3 is 0 Å². The Morgan fingerprint density at radius 2 is 1.59 bits per heavy atom. The summed E-state index contributed by atoms with van der Waals surface area (Å²) in [4.78, 5) is 16.5. The number of rotatable bonds is 18. The quantitative estimate of drug-likeness (QED) is 0.0662. The maximum absolute atomic E-state index is 13.2. The van der Waals surface area contributed by atoms with Gasteiger partial charge in [-0.3, -0.25) is 4.79 Å². The standard InChI is InChI=1S/C44H57N3O6Si/c1-9-35(23-31-18-20-37-33(22-31)25-38(47-37)43(49)46-26-36-40(50-5)16-13-17-41(36)51-6)45-27-42(53-54(7,8)44(2,3)4)32-19-21-39(34(24-32)28-48)52-29-30-14-11-10-12-15-30/h10-22,24-25,35,42,45,47-48H,9,23,26-29H2,1-8H3,(H,46,49)/t35-,42+/m1/s1. The van der Waals surface area contributed by atoms with Gasteiger partial charge in [0.2, 0.25) is 0 Å². The van der Waals surface area contributed by atoms with E-state index in [9.17, 15) is 9.90 Å². The summed E-state index contributed by atoms with van der Waals surface area (Å²) in [5.41, 5.74) is 6.18. The Morgan fingerprint density at radius 3 is 2.24 bits per heavy atom. The molecule has 0 spiro atoms. The van der Waals surface area contributed by atoms with E-state index in [1.54, 1.807) is 14.2 Å². The molecule has 0 aliphatic carbocycles. The van der Waals surface area contributed by atoms with Crippen LogP contribution in [-0.2, 0) is 30.6 Å². The zero-order chi connectivity index (χ0) is 38.9. The summed E-state index contributed by atoms with van der Waals surface area (Å²) in [5.74, 6) is 1.78. The third kappa shape index (κ3) is 10.1. The van der Waals surface area contributed by atoms with Gasteiger partial charge in [-0.1, -0.05) is 76.2 Å². The SMILES string of the molecule is CC[C@H](Cc1ccc2[nH]c(C(=O)NCc3c(OC)cccc3OC)cc2c1)NC[C@H](O[Si](C)(C)C(C)(C)C)c1ccc(OCc2ccccc2)c(CO)c1. The number of H-pyrrole nitrogens is 1. The Kier molecular flexibility index (Phi) is 13.6. The second kappa shape index (κ2) is 18.1. The highest BCUT2D eigenvalue weighted by molar-refractivity contribution is 6.74. The zero-order valence-corrected chi connectivity index (χ0v) is 34.0. The molecule has 2 atom stereocenters. The first-order chi connectivity index (χ1) is 25.8. The van der Waals surface area contributed by atoms with Crippen molar-refractivity contribution >= 4 is 25.1 Å². The average molecular weight is 752 g/mol. The van der Waals surface area contributed by atoms with E-state index < -0.39 is 8.32 Å². The number of aliphatic hydroxyl groups excluding tert-OH is 1. The molecule has 0 aliphatic heterocycles. The lowest BCUT2D eigenvalue weighted by Gasteiger charge is -2.40. The molecule has 288 valence electrons. The number of fused-ring (bicyclic) bond motifs is 1. The lowest BCUT2D eigenvalue weighted by atomic mass is 10.0. The molecule has 54 heavy (non-hydrogen) atoms. The van der Waals surface area contributed by atoms with Crippen LogP contribution in [0.15, 0.2) is 91.0 Å². The summed E-state index contributed by atoms with van der Waals surface area (Å²) in [6.07, 6.45) is 1.53. The van der Waals surface area contributed by atoms with Crippen LogP contribution < -0.4 is 24.8 Å². The first kappa shape index (κ1) is 40.6. The molecular formula is C44H57N3O6Si. The minimum atomic E-state index is -2.16. The summed E-state index contributed by atoms with van der Waals surface area (Å²) in [6, 6.07) is 30.1. The molecule has 1 heterocycles. The number of nitrogens with one attached hydrogen (secondary N) is 3. The predicted molar refractivity (Wildman–Crippen MR) is 219 cm³/mol. The van der Waals surface area contributed by atoms with E-state index >= 15 is 0 Å². The monoisotopic (exact) mass is 751 g/mol. The number of aromatic amines is 1. The summed E-state index contributed by atoms with van der Waals surface area (Å²) in [6.45, 7) is 14.7. The van der Waals surface area contributed by atoms with Crippen LogP contribution in [0.2, 0.25) is 18.1 Å². The molecular weight excluding hydrogens is 695 g/mol. The van der Waals surface area contributed by atoms with E-state index in [2.05, 4.69) is 74.6 Å². The molecule has 0 unspecified atom stereocenters. The molecule has 0 radical (unpaired) electrons. The molecule has 4 aromatic carbocycles. The van der Waals surface area contributed by atoms with Gasteiger partial charge in [-0.2, -0.15) is 0 Å². The molecule has 1 aromatic heterocycles. The number of ether oxygens (including phenoxy) is 3. The fourth-order valence-corrected chi connectivity index (χ4v) is 7.56. The van der Waals surface area contributed by atoms with E-state index in [1.165, 1.54) is 5.56 Å². The van der Waals surface area contributed by atoms with Crippen molar-refractivity contribution in [3.05, 3.63) is 125 Å². The van der Waals surface area contributed by atoms with Gasteiger partial charge in [0.15, 0.2) is 8.32 Å². The lowest BCUT2D eigenvalue weighted by Crippen LogP contribution is -2.44. The van der Waals surface area contributed by atoms with Crippen molar-refractivity contribution in [2.24, 2.45) is 0 Å². The number of carbonyl (C=O) groups excluding carboxylic acids is 1. The summed E-state index contributed by atoms with van der Waals surface area (Å²) >= 11 is 0. The van der Waals surface area contributed by atoms with Gasteiger partial charge in [-0.25, -0.2) is 0 Å². The van der Waals surface area contributed by atoms with Crippen molar-refractivity contribution in [2.75, 3.05) is 20.8 Å². The van der Waals surface area contributed by atoms with Crippen LogP contribution in [0.5, 0.6) is 17.2 Å². The number of methoxy groups -OCH3 is 2. The highest BCUT2D eigenvalue weighted by Gasteiger charge is 2.39. The molecule has 1 amide bonds. The molecule has 0 saturated carbocycles. The van der Waals surface area contributed by atoms with Crippen LogP contribution in [0.3, 0.4) is 0 Å². The Balaban J connectivity index is 1.28. The first-order valence-corrected chi connectivity index (χ1v) is 21.7. The fourth-order valence-electron chi connectivity index (χ4n) is 6.28. The normalized spacial score (nSPS) is 13.1. The van der Waals surface area contributed by atoms with E-state index in [0.29, 0.717) is 36.1 Å². The van der Waals surface area contributed by atoms with Crippen LogP contribution in [0.4, 0.5) is 0 Å². The van der Waals surface area contributed by atoms with Crippen LogP contribution in [-0.4, -0.2) is 51.1 Å². The molecule has 5 rings (SSSR count). The maximum atomic E-state index is 13.2. The number of aromatic nitrogens is 1. The van der Waals surface area contributed by atoms with Crippen molar-refractivity contribution < 1.29 is 28.5 Å². The summed E-state index contributed by atoms with van der Waals surface area (Å²) < 4.78 is 24.2. The smallest absolute Gasteiger partial charge is 0.268 e. The second-order valence-electron chi connectivity index (χ2n) is 15.3. The molecule has 10 heteroatoms. The maximum Gasteiger partial charge on any atom is 0.268 e. The zero-order valence-electron chi connectivity index (χ0n) is 33.0. The Bertz CT molecular complexity index is 1970. The molecule has 0 fully saturated rings. The molecule has 0 saturated heterocycles.